The average molecular weight is 197 g/mol. The number of hydrogen-bond acceptors (Lipinski definition) is 1. The largest absolute Gasteiger partial charge is 0.366 e. The summed E-state index contributed by atoms with van der Waals surface area (Å²) in [5.41, 5.74) is 1.11. The second kappa shape index (κ2) is 4.28. The molecule has 0 saturated carbocycles. The third-order valence-corrected chi connectivity index (χ3v) is 2.08. The van der Waals surface area contributed by atoms with Crippen molar-refractivity contribution in [2.45, 2.75) is 6.42 Å². The molecule has 0 atom stereocenters. The molecule has 0 aliphatic heterocycles. The summed E-state index contributed by atoms with van der Waals surface area (Å²) in [7, 11) is 3.75. The number of amidine groups is 1. The molecule has 1 aromatic carbocycles. The van der Waals surface area contributed by atoms with Gasteiger partial charge in [-0.25, -0.2) is 0 Å². The first-order valence-electron chi connectivity index (χ1n) is 4.09. The van der Waals surface area contributed by atoms with Crippen molar-refractivity contribution in [3.8, 4) is 0 Å². The van der Waals surface area contributed by atoms with Gasteiger partial charge < -0.3 is 4.90 Å². The van der Waals surface area contributed by atoms with Gasteiger partial charge >= 0.3 is 0 Å². The molecule has 0 aliphatic carbocycles. The second-order valence-electron chi connectivity index (χ2n) is 3.14. The van der Waals surface area contributed by atoms with Crippen molar-refractivity contribution in [1.29, 1.82) is 5.41 Å². The Morgan fingerprint density at radius 2 is 1.85 bits per heavy atom. The highest BCUT2D eigenvalue weighted by Gasteiger charge is 2.00. The molecule has 0 unspecified atom stereocenters. The van der Waals surface area contributed by atoms with Gasteiger partial charge in [-0.05, 0) is 17.7 Å². The van der Waals surface area contributed by atoms with Crippen molar-refractivity contribution in [1.82, 2.24) is 4.90 Å². The Morgan fingerprint density at radius 1 is 1.31 bits per heavy atom. The number of likely N-dealkylation sites (N-methyl/N-ethyl adjacent to an activating group) is 1. The molecule has 0 aliphatic rings. The summed E-state index contributed by atoms with van der Waals surface area (Å²) in [5.74, 6) is 0.599. The third-order valence-electron chi connectivity index (χ3n) is 1.82. The fourth-order valence-corrected chi connectivity index (χ4v) is 1.08. The Hall–Kier alpha value is -1.02. The summed E-state index contributed by atoms with van der Waals surface area (Å²) in [6, 6.07) is 7.58. The summed E-state index contributed by atoms with van der Waals surface area (Å²) in [4.78, 5) is 1.80. The fraction of sp³-hybridized carbons (Fsp3) is 0.300. The van der Waals surface area contributed by atoms with Crippen LogP contribution in [0.1, 0.15) is 5.56 Å². The quantitative estimate of drug-likeness (QED) is 0.571. The van der Waals surface area contributed by atoms with Gasteiger partial charge in [0.15, 0.2) is 0 Å². The molecule has 1 aromatic rings. The predicted molar refractivity (Wildman–Crippen MR) is 56.6 cm³/mol. The zero-order valence-corrected chi connectivity index (χ0v) is 8.60. The molecule has 0 fully saturated rings. The minimum Gasteiger partial charge on any atom is -0.366 e. The summed E-state index contributed by atoms with van der Waals surface area (Å²) in [5, 5.41) is 8.36. The zero-order chi connectivity index (χ0) is 9.84. The van der Waals surface area contributed by atoms with Crippen LogP contribution in [0.2, 0.25) is 5.02 Å². The summed E-state index contributed by atoms with van der Waals surface area (Å²) >= 11 is 5.75. The Morgan fingerprint density at radius 3 is 2.31 bits per heavy atom. The molecule has 0 bridgehead atoms. The van der Waals surface area contributed by atoms with Gasteiger partial charge in [0.25, 0.3) is 0 Å². The van der Waals surface area contributed by atoms with Gasteiger partial charge in [0.1, 0.15) is 0 Å². The van der Waals surface area contributed by atoms with Crippen LogP contribution < -0.4 is 0 Å². The first kappa shape index (κ1) is 10.1. The summed E-state index contributed by atoms with van der Waals surface area (Å²) in [6.45, 7) is 0. The van der Waals surface area contributed by atoms with Crippen molar-refractivity contribution >= 4 is 17.4 Å². The number of benzene rings is 1. The fourth-order valence-electron chi connectivity index (χ4n) is 0.954. The molecule has 0 spiro atoms. The first-order chi connectivity index (χ1) is 6.09. The van der Waals surface area contributed by atoms with Crippen LogP contribution in [0.3, 0.4) is 0 Å². The zero-order valence-electron chi connectivity index (χ0n) is 7.84. The van der Waals surface area contributed by atoms with Gasteiger partial charge in [0.05, 0.1) is 5.84 Å². The Bertz CT molecular complexity index is 290. The smallest absolute Gasteiger partial charge is 0.0997 e. The van der Waals surface area contributed by atoms with E-state index in [4.69, 9.17) is 17.0 Å². The van der Waals surface area contributed by atoms with E-state index in [9.17, 15) is 0 Å². The van der Waals surface area contributed by atoms with Gasteiger partial charge in [-0.2, -0.15) is 0 Å². The van der Waals surface area contributed by atoms with E-state index < -0.39 is 0 Å². The Kier molecular flexibility index (Phi) is 3.32. The van der Waals surface area contributed by atoms with E-state index in [2.05, 4.69) is 0 Å². The lowest BCUT2D eigenvalue weighted by Gasteiger charge is -2.13. The van der Waals surface area contributed by atoms with Gasteiger partial charge in [-0.15, -0.1) is 0 Å². The number of rotatable bonds is 2. The lowest BCUT2D eigenvalue weighted by Crippen LogP contribution is -2.22. The number of nitrogens with zero attached hydrogens (tertiary/aromatic N) is 1. The number of hydrogen-bond donors (Lipinski definition) is 1. The van der Waals surface area contributed by atoms with Crippen LogP contribution in [-0.2, 0) is 6.42 Å². The molecule has 0 radical (unpaired) electrons. The highest BCUT2D eigenvalue weighted by molar-refractivity contribution is 6.30. The topological polar surface area (TPSA) is 27.1 Å². The maximum Gasteiger partial charge on any atom is 0.0997 e. The lowest BCUT2D eigenvalue weighted by atomic mass is 10.1. The van der Waals surface area contributed by atoms with Crippen molar-refractivity contribution < 1.29 is 0 Å². The lowest BCUT2D eigenvalue weighted by molar-refractivity contribution is 0.605. The molecule has 1 rings (SSSR count). The molecule has 0 amide bonds. The van der Waals surface area contributed by atoms with Crippen molar-refractivity contribution in [2.24, 2.45) is 0 Å². The first-order valence-corrected chi connectivity index (χ1v) is 4.46. The molecule has 2 nitrogen and oxygen atoms in total. The molecular weight excluding hydrogens is 184 g/mol. The monoisotopic (exact) mass is 196 g/mol. The molecule has 13 heavy (non-hydrogen) atoms. The van der Waals surface area contributed by atoms with E-state index in [0.29, 0.717) is 12.3 Å². The minimum atomic E-state index is 0.599. The van der Waals surface area contributed by atoms with Crippen molar-refractivity contribution in [3.63, 3.8) is 0 Å². The molecule has 0 saturated heterocycles. The standard InChI is InChI=1S/C10H13ClN2/c1-13(2)10(12)7-8-3-5-9(11)6-4-8/h3-6,12H,7H2,1-2H3. The molecule has 70 valence electrons. The van der Waals surface area contributed by atoms with E-state index in [0.717, 1.165) is 10.6 Å². The van der Waals surface area contributed by atoms with Crippen molar-refractivity contribution in [3.05, 3.63) is 34.9 Å². The van der Waals surface area contributed by atoms with E-state index in [1.807, 2.05) is 38.4 Å². The summed E-state index contributed by atoms with van der Waals surface area (Å²) in [6.07, 6.45) is 0.657. The molecule has 0 aromatic heterocycles. The second-order valence-corrected chi connectivity index (χ2v) is 3.58. The Balaban J connectivity index is 2.65. The summed E-state index contributed by atoms with van der Waals surface area (Å²) < 4.78 is 0. The van der Waals surface area contributed by atoms with Crippen molar-refractivity contribution in [2.75, 3.05) is 14.1 Å². The maximum absolute atomic E-state index is 7.63. The van der Waals surface area contributed by atoms with Crippen LogP contribution in [0.25, 0.3) is 0 Å². The number of nitrogens with one attached hydrogen (secondary N) is 1. The molecule has 1 N–H and O–H groups in total. The van der Waals surface area contributed by atoms with Crippen LogP contribution >= 0.6 is 11.6 Å². The van der Waals surface area contributed by atoms with Gasteiger partial charge in [-0.3, -0.25) is 5.41 Å². The molecule has 0 heterocycles. The van der Waals surface area contributed by atoms with E-state index in [1.54, 1.807) is 4.90 Å². The molecule has 3 heteroatoms. The van der Waals surface area contributed by atoms with Crippen LogP contribution in [0, 0.1) is 5.41 Å². The van der Waals surface area contributed by atoms with E-state index in [-0.39, 0.29) is 0 Å². The molecular formula is C10H13ClN2. The van der Waals surface area contributed by atoms with E-state index in [1.165, 1.54) is 0 Å². The SMILES string of the molecule is CN(C)C(=N)Cc1ccc(Cl)cc1. The van der Waals surface area contributed by atoms with Gasteiger partial charge in [-0.1, -0.05) is 23.7 Å². The Labute approximate surface area is 83.6 Å². The predicted octanol–water partition coefficient (Wildman–Crippen LogP) is 2.42. The van der Waals surface area contributed by atoms with Gasteiger partial charge in [0, 0.05) is 25.5 Å². The van der Waals surface area contributed by atoms with Crippen LogP contribution in [0.15, 0.2) is 24.3 Å². The van der Waals surface area contributed by atoms with Crippen LogP contribution in [0.4, 0.5) is 0 Å². The highest BCUT2D eigenvalue weighted by atomic mass is 35.5. The maximum atomic E-state index is 7.63. The van der Waals surface area contributed by atoms with Crippen LogP contribution in [-0.4, -0.2) is 24.8 Å². The normalized spacial score (nSPS) is 9.77. The number of halogens is 1. The third kappa shape index (κ3) is 3.07. The minimum absolute atomic E-state index is 0.599. The highest BCUT2D eigenvalue weighted by Crippen LogP contribution is 2.10. The van der Waals surface area contributed by atoms with Crippen LogP contribution in [0.5, 0.6) is 0 Å². The van der Waals surface area contributed by atoms with Gasteiger partial charge in [0.2, 0.25) is 0 Å². The average Bonchev–Trinajstić information content (AvgIpc) is 2.08. The van der Waals surface area contributed by atoms with E-state index >= 15 is 0 Å².